The van der Waals surface area contributed by atoms with Gasteiger partial charge in [0.15, 0.2) is 0 Å². The molecule has 1 saturated heterocycles. The van der Waals surface area contributed by atoms with Gasteiger partial charge >= 0.3 is 0 Å². The van der Waals surface area contributed by atoms with Crippen LogP contribution in [0.1, 0.15) is 24.0 Å². The molecule has 0 radical (unpaired) electrons. The van der Waals surface area contributed by atoms with Crippen molar-refractivity contribution in [2.24, 2.45) is 0 Å². The van der Waals surface area contributed by atoms with E-state index in [1.807, 2.05) is 21.9 Å². The summed E-state index contributed by atoms with van der Waals surface area (Å²) in [5, 5.41) is 2.93. The van der Waals surface area contributed by atoms with Crippen molar-refractivity contribution in [3.63, 3.8) is 0 Å². The number of anilines is 1. The maximum Gasteiger partial charge on any atom is 0.240 e. The second-order valence-electron chi connectivity index (χ2n) is 8.04. The van der Waals surface area contributed by atoms with E-state index in [1.165, 1.54) is 11.1 Å². The fourth-order valence-corrected chi connectivity index (χ4v) is 4.42. The number of ether oxygens (including phenoxy) is 2. The van der Waals surface area contributed by atoms with Gasteiger partial charge in [0.2, 0.25) is 11.8 Å². The number of hydrogen-bond acceptors (Lipinski definition) is 5. The van der Waals surface area contributed by atoms with Crippen LogP contribution in [0.3, 0.4) is 0 Å². The van der Waals surface area contributed by atoms with Crippen molar-refractivity contribution in [2.75, 3.05) is 39.2 Å². The molecule has 1 atom stereocenters. The van der Waals surface area contributed by atoms with Crippen LogP contribution in [0.2, 0.25) is 0 Å². The van der Waals surface area contributed by atoms with E-state index >= 15 is 0 Å². The molecule has 164 valence electrons. The Balaban J connectivity index is 1.53. The Hall–Kier alpha value is -3.06. The van der Waals surface area contributed by atoms with E-state index in [0.717, 1.165) is 25.9 Å². The standard InChI is InChI=1S/C24H29N3O4/c1-30-19-9-10-22(31-2)20(14-19)25-23(28)16-27-15-18-8-4-3-7-17(18)13-21(27)24(29)26-11-5-6-12-26/h3-4,7-10,14,21H,5-6,11-13,15-16H2,1-2H3,(H,25,28)/t21-/m0/s1. The van der Waals surface area contributed by atoms with Gasteiger partial charge in [-0.1, -0.05) is 24.3 Å². The van der Waals surface area contributed by atoms with Gasteiger partial charge in [0.25, 0.3) is 0 Å². The minimum absolute atomic E-state index is 0.124. The predicted octanol–water partition coefficient (Wildman–Crippen LogP) is 2.69. The Morgan fingerprint density at radius 1 is 1.03 bits per heavy atom. The molecule has 0 aromatic heterocycles. The topological polar surface area (TPSA) is 71.1 Å². The molecule has 0 saturated carbocycles. The number of amides is 2. The van der Waals surface area contributed by atoms with E-state index in [2.05, 4.69) is 17.4 Å². The number of nitrogens with zero attached hydrogens (tertiary/aromatic N) is 2. The van der Waals surface area contributed by atoms with Crippen LogP contribution in [0.15, 0.2) is 42.5 Å². The first-order valence-electron chi connectivity index (χ1n) is 10.7. The van der Waals surface area contributed by atoms with Crippen LogP contribution in [0, 0.1) is 0 Å². The highest BCUT2D eigenvalue weighted by molar-refractivity contribution is 5.94. The molecule has 7 heteroatoms. The zero-order valence-electron chi connectivity index (χ0n) is 18.1. The lowest BCUT2D eigenvalue weighted by Crippen LogP contribution is -2.52. The highest BCUT2D eigenvalue weighted by atomic mass is 16.5. The van der Waals surface area contributed by atoms with Gasteiger partial charge in [-0.25, -0.2) is 0 Å². The average Bonchev–Trinajstić information content (AvgIpc) is 3.33. The summed E-state index contributed by atoms with van der Waals surface area (Å²) in [7, 11) is 3.14. The van der Waals surface area contributed by atoms with Crippen molar-refractivity contribution < 1.29 is 19.1 Å². The van der Waals surface area contributed by atoms with Crippen LogP contribution in [0.25, 0.3) is 0 Å². The summed E-state index contributed by atoms with van der Waals surface area (Å²) >= 11 is 0. The molecule has 2 aromatic rings. The molecule has 0 unspecified atom stereocenters. The molecule has 0 spiro atoms. The van der Waals surface area contributed by atoms with Gasteiger partial charge in [-0.05, 0) is 42.5 Å². The van der Waals surface area contributed by atoms with Crippen LogP contribution in [-0.2, 0) is 22.6 Å². The van der Waals surface area contributed by atoms with Crippen LogP contribution in [-0.4, -0.2) is 61.5 Å². The normalized spacial score (nSPS) is 18.4. The Morgan fingerprint density at radius 3 is 2.48 bits per heavy atom. The summed E-state index contributed by atoms with van der Waals surface area (Å²) in [4.78, 5) is 30.2. The van der Waals surface area contributed by atoms with E-state index in [9.17, 15) is 9.59 Å². The summed E-state index contributed by atoms with van der Waals surface area (Å²) < 4.78 is 10.6. The molecule has 7 nitrogen and oxygen atoms in total. The number of hydrogen-bond donors (Lipinski definition) is 1. The third-order valence-corrected chi connectivity index (χ3v) is 6.08. The fourth-order valence-electron chi connectivity index (χ4n) is 4.42. The van der Waals surface area contributed by atoms with E-state index in [0.29, 0.717) is 30.2 Å². The van der Waals surface area contributed by atoms with Crippen molar-refractivity contribution in [2.45, 2.75) is 31.8 Å². The molecular weight excluding hydrogens is 394 g/mol. The maximum atomic E-state index is 13.3. The van der Waals surface area contributed by atoms with Crippen molar-refractivity contribution in [1.82, 2.24) is 9.80 Å². The lowest BCUT2D eigenvalue weighted by Gasteiger charge is -2.37. The fraction of sp³-hybridized carbons (Fsp3) is 0.417. The third-order valence-electron chi connectivity index (χ3n) is 6.08. The smallest absolute Gasteiger partial charge is 0.240 e. The number of methoxy groups -OCH3 is 2. The van der Waals surface area contributed by atoms with Crippen molar-refractivity contribution >= 4 is 17.5 Å². The molecular formula is C24H29N3O4. The first kappa shape index (κ1) is 21.2. The first-order valence-corrected chi connectivity index (χ1v) is 10.7. The van der Waals surface area contributed by atoms with Crippen LogP contribution >= 0.6 is 0 Å². The molecule has 2 aliphatic heterocycles. The Labute approximate surface area is 182 Å². The summed E-state index contributed by atoms with van der Waals surface area (Å²) in [6, 6.07) is 13.1. The van der Waals surface area contributed by atoms with Crippen molar-refractivity contribution in [3.8, 4) is 11.5 Å². The molecule has 1 N–H and O–H groups in total. The molecule has 2 aromatic carbocycles. The van der Waals surface area contributed by atoms with Gasteiger partial charge in [0.05, 0.1) is 32.5 Å². The summed E-state index contributed by atoms with van der Waals surface area (Å²) in [6.45, 7) is 2.30. The van der Waals surface area contributed by atoms with E-state index in [4.69, 9.17) is 9.47 Å². The SMILES string of the molecule is COc1ccc(OC)c(NC(=O)CN2Cc3ccccc3C[C@H]2C(=O)N2CCCC2)c1. The zero-order valence-corrected chi connectivity index (χ0v) is 18.1. The lowest BCUT2D eigenvalue weighted by atomic mass is 9.93. The van der Waals surface area contributed by atoms with Crippen molar-refractivity contribution in [1.29, 1.82) is 0 Å². The Morgan fingerprint density at radius 2 is 1.77 bits per heavy atom. The third kappa shape index (κ3) is 4.66. The van der Waals surface area contributed by atoms with Gasteiger partial charge in [-0.3, -0.25) is 14.5 Å². The van der Waals surface area contributed by atoms with Gasteiger partial charge < -0.3 is 19.7 Å². The van der Waals surface area contributed by atoms with E-state index < -0.39 is 0 Å². The van der Waals surface area contributed by atoms with Crippen molar-refractivity contribution in [3.05, 3.63) is 53.6 Å². The molecule has 0 bridgehead atoms. The van der Waals surface area contributed by atoms with Gasteiger partial charge in [0, 0.05) is 25.7 Å². The number of nitrogens with one attached hydrogen (secondary N) is 1. The Bertz CT molecular complexity index is 956. The second-order valence-corrected chi connectivity index (χ2v) is 8.04. The number of likely N-dealkylation sites (tertiary alicyclic amines) is 1. The molecule has 2 amide bonds. The molecule has 2 heterocycles. The number of fused-ring (bicyclic) bond motifs is 1. The highest BCUT2D eigenvalue weighted by Gasteiger charge is 2.35. The average molecular weight is 424 g/mol. The summed E-state index contributed by atoms with van der Waals surface area (Å²) in [5.41, 5.74) is 2.90. The molecule has 2 aliphatic rings. The summed E-state index contributed by atoms with van der Waals surface area (Å²) in [5.74, 6) is 1.12. The first-order chi connectivity index (χ1) is 15.1. The van der Waals surface area contributed by atoms with Gasteiger partial charge in [-0.2, -0.15) is 0 Å². The van der Waals surface area contributed by atoms with Gasteiger partial charge in [0.1, 0.15) is 11.5 Å². The number of carbonyl (C=O) groups is 2. The number of carbonyl (C=O) groups excluding carboxylic acids is 2. The number of benzene rings is 2. The number of rotatable bonds is 6. The lowest BCUT2D eigenvalue weighted by molar-refractivity contribution is -0.137. The van der Waals surface area contributed by atoms with Gasteiger partial charge in [-0.15, -0.1) is 0 Å². The molecule has 31 heavy (non-hydrogen) atoms. The molecule has 0 aliphatic carbocycles. The quantitative estimate of drug-likeness (QED) is 0.774. The highest BCUT2D eigenvalue weighted by Crippen LogP contribution is 2.30. The minimum Gasteiger partial charge on any atom is -0.497 e. The van der Waals surface area contributed by atoms with Crippen LogP contribution in [0.4, 0.5) is 5.69 Å². The monoisotopic (exact) mass is 423 g/mol. The largest absolute Gasteiger partial charge is 0.497 e. The van der Waals surface area contributed by atoms with E-state index in [-0.39, 0.29) is 24.4 Å². The predicted molar refractivity (Wildman–Crippen MR) is 118 cm³/mol. The zero-order chi connectivity index (χ0) is 21.8. The van der Waals surface area contributed by atoms with E-state index in [1.54, 1.807) is 32.4 Å². The van der Waals surface area contributed by atoms with Crippen LogP contribution in [0.5, 0.6) is 11.5 Å². The maximum absolute atomic E-state index is 13.3. The molecule has 1 fully saturated rings. The minimum atomic E-state index is -0.328. The van der Waals surface area contributed by atoms with Crippen LogP contribution < -0.4 is 14.8 Å². The molecule has 4 rings (SSSR count). The Kier molecular flexibility index (Phi) is 6.42. The second kappa shape index (κ2) is 9.39. The summed E-state index contributed by atoms with van der Waals surface area (Å²) in [6.07, 6.45) is 2.72.